The molecule has 0 amide bonds. The lowest BCUT2D eigenvalue weighted by Crippen LogP contribution is -2.52. The zero-order valence-electron chi connectivity index (χ0n) is 13.0. The molecule has 2 rings (SSSR count). The van der Waals surface area contributed by atoms with Crippen molar-refractivity contribution in [2.24, 2.45) is 0 Å². The van der Waals surface area contributed by atoms with Crippen LogP contribution in [0.3, 0.4) is 0 Å². The summed E-state index contributed by atoms with van der Waals surface area (Å²) in [6.07, 6.45) is 3.84. The van der Waals surface area contributed by atoms with Crippen molar-refractivity contribution >= 4 is 5.97 Å². The topological polar surface area (TPSA) is 50.8 Å². The Bertz CT molecular complexity index is 331. The van der Waals surface area contributed by atoms with E-state index in [2.05, 4.69) is 17.3 Å². The summed E-state index contributed by atoms with van der Waals surface area (Å²) in [7, 11) is 2.16. The molecule has 116 valence electrons. The molecule has 0 aromatic heterocycles. The average molecular weight is 284 g/mol. The van der Waals surface area contributed by atoms with Gasteiger partial charge in [0, 0.05) is 18.7 Å². The van der Waals surface area contributed by atoms with Crippen molar-refractivity contribution < 1.29 is 14.3 Å². The van der Waals surface area contributed by atoms with Gasteiger partial charge in [-0.25, -0.2) is 0 Å². The van der Waals surface area contributed by atoms with Gasteiger partial charge in [0.2, 0.25) is 0 Å². The monoisotopic (exact) mass is 284 g/mol. The molecule has 1 aliphatic heterocycles. The van der Waals surface area contributed by atoms with Crippen molar-refractivity contribution in [3.8, 4) is 0 Å². The number of nitrogens with one attached hydrogen (secondary N) is 1. The number of rotatable bonds is 6. The average Bonchev–Trinajstić information content (AvgIpc) is 3.09. The molecule has 2 aliphatic rings. The Balaban J connectivity index is 2.00. The molecule has 1 aliphatic carbocycles. The minimum absolute atomic E-state index is 0.0829. The number of carbonyl (C=O) groups is 1. The maximum absolute atomic E-state index is 12.3. The Kier molecular flexibility index (Phi) is 5.41. The van der Waals surface area contributed by atoms with E-state index in [-0.39, 0.29) is 5.97 Å². The Morgan fingerprint density at radius 1 is 1.40 bits per heavy atom. The van der Waals surface area contributed by atoms with Crippen molar-refractivity contribution in [1.29, 1.82) is 0 Å². The Morgan fingerprint density at radius 3 is 2.80 bits per heavy atom. The van der Waals surface area contributed by atoms with Crippen LogP contribution < -0.4 is 5.32 Å². The van der Waals surface area contributed by atoms with Gasteiger partial charge in [-0.05, 0) is 46.2 Å². The van der Waals surface area contributed by atoms with Crippen LogP contribution in [0, 0.1) is 0 Å². The van der Waals surface area contributed by atoms with E-state index in [9.17, 15) is 4.79 Å². The molecule has 1 N–H and O–H groups in total. The van der Waals surface area contributed by atoms with Gasteiger partial charge in [0.05, 0.1) is 13.2 Å². The van der Waals surface area contributed by atoms with E-state index < -0.39 is 5.54 Å². The van der Waals surface area contributed by atoms with Gasteiger partial charge in [-0.15, -0.1) is 0 Å². The smallest absolute Gasteiger partial charge is 0.326 e. The normalized spacial score (nSPS) is 33.8. The first-order chi connectivity index (χ1) is 9.63. The Morgan fingerprint density at radius 2 is 2.20 bits per heavy atom. The lowest BCUT2D eigenvalue weighted by molar-refractivity contribution is -0.151. The molecule has 1 heterocycles. The molecule has 2 fully saturated rings. The van der Waals surface area contributed by atoms with E-state index in [1.165, 1.54) is 0 Å². The summed E-state index contributed by atoms with van der Waals surface area (Å²) in [6, 6.07) is 0.935. The van der Waals surface area contributed by atoms with Crippen molar-refractivity contribution in [2.75, 3.05) is 33.4 Å². The van der Waals surface area contributed by atoms with E-state index in [1.54, 1.807) is 0 Å². The molecule has 5 nitrogen and oxygen atoms in total. The summed E-state index contributed by atoms with van der Waals surface area (Å²) < 4.78 is 10.8. The van der Waals surface area contributed by atoms with Gasteiger partial charge in [-0.1, -0.05) is 6.92 Å². The zero-order chi connectivity index (χ0) is 14.6. The highest BCUT2D eigenvalue weighted by Gasteiger charge is 2.47. The highest BCUT2D eigenvalue weighted by molar-refractivity contribution is 5.81. The third kappa shape index (κ3) is 3.15. The van der Waals surface area contributed by atoms with Gasteiger partial charge in [0.1, 0.15) is 5.54 Å². The first-order valence-electron chi connectivity index (χ1n) is 7.85. The minimum Gasteiger partial charge on any atom is -0.465 e. The second-order valence-electron chi connectivity index (χ2n) is 5.91. The fraction of sp³-hybridized carbons (Fsp3) is 0.933. The van der Waals surface area contributed by atoms with E-state index >= 15 is 0 Å². The van der Waals surface area contributed by atoms with E-state index in [4.69, 9.17) is 9.47 Å². The van der Waals surface area contributed by atoms with Crippen LogP contribution >= 0.6 is 0 Å². The van der Waals surface area contributed by atoms with Crippen molar-refractivity contribution in [2.45, 2.75) is 57.2 Å². The van der Waals surface area contributed by atoms with E-state index in [1.807, 2.05) is 13.8 Å². The quantitative estimate of drug-likeness (QED) is 0.742. The number of hydrogen-bond donors (Lipinski definition) is 1. The van der Waals surface area contributed by atoms with Crippen LogP contribution in [0.15, 0.2) is 0 Å². The van der Waals surface area contributed by atoms with Crippen LogP contribution in [0.5, 0.6) is 0 Å². The molecule has 1 saturated carbocycles. The van der Waals surface area contributed by atoms with Crippen LogP contribution in [0.2, 0.25) is 0 Å². The summed E-state index contributed by atoms with van der Waals surface area (Å²) in [6.45, 7) is 6.83. The molecule has 0 spiro atoms. The maximum atomic E-state index is 12.3. The number of esters is 1. The van der Waals surface area contributed by atoms with Crippen LogP contribution in [0.25, 0.3) is 0 Å². The summed E-state index contributed by atoms with van der Waals surface area (Å²) in [5.74, 6) is -0.0829. The van der Waals surface area contributed by atoms with Crippen LogP contribution in [0.1, 0.15) is 39.5 Å². The molecule has 3 atom stereocenters. The predicted molar refractivity (Wildman–Crippen MR) is 77.7 cm³/mol. The molecule has 0 aromatic rings. The summed E-state index contributed by atoms with van der Waals surface area (Å²) in [5, 5.41) is 3.39. The van der Waals surface area contributed by atoms with E-state index in [0.717, 1.165) is 45.4 Å². The lowest BCUT2D eigenvalue weighted by atomic mass is 9.97. The van der Waals surface area contributed by atoms with Crippen LogP contribution in [0.4, 0.5) is 0 Å². The summed E-state index contributed by atoms with van der Waals surface area (Å²) in [4.78, 5) is 14.7. The molecular weight excluding hydrogens is 256 g/mol. The standard InChI is InChI=1S/C15H28N2O3/c1-4-16-15(14(18)20-5-2)8-6-12(10-15)17(3)13-7-9-19-11-13/h12-13,16H,4-11H2,1-3H3. The van der Waals surface area contributed by atoms with Gasteiger partial charge in [-0.3, -0.25) is 9.69 Å². The Labute approximate surface area is 122 Å². The zero-order valence-corrected chi connectivity index (χ0v) is 13.0. The lowest BCUT2D eigenvalue weighted by Gasteiger charge is -2.32. The first kappa shape index (κ1) is 15.7. The van der Waals surface area contributed by atoms with E-state index in [0.29, 0.717) is 18.7 Å². The second kappa shape index (κ2) is 6.87. The first-order valence-corrected chi connectivity index (χ1v) is 7.85. The van der Waals surface area contributed by atoms with Crippen molar-refractivity contribution in [1.82, 2.24) is 10.2 Å². The second-order valence-corrected chi connectivity index (χ2v) is 5.91. The molecule has 0 bridgehead atoms. The highest BCUT2D eigenvalue weighted by Crippen LogP contribution is 2.35. The number of hydrogen-bond acceptors (Lipinski definition) is 5. The van der Waals surface area contributed by atoms with Gasteiger partial charge < -0.3 is 14.8 Å². The summed E-state index contributed by atoms with van der Waals surface area (Å²) in [5.41, 5.74) is -0.483. The van der Waals surface area contributed by atoms with Crippen LogP contribution in [-0.4, -0.2) is 61.9 Å². The summed E-state index contributed by atoms with van der Waals surface area (Å²) >= 11 is 0. The van der Waals surface area contributed by atoms with Crippen molar-refractivity contribution in [3.63, 3.8) is 0 Å². The molecule has 5 heteroatoms. The third-order valence-corrected chi connectivity index (χ3v) is 4.73. The van der Waals surface area contributed by atoms with Gasteiger partial charge in [-0.2, -0.15) is 0 Å². The Hall–Kier alpha value is -0.650. The number of likely N-dealkylation sites (N-methyl/N-ethyl adjacent to an activating group) is 2. The predicted octanol–water partition coefficient (Wildman–Crippen LogP) is 1.17. The van der Waals surface area contributed by atoms with Crippen LogP contribution in [-0.2, 0) is 14.3 Å². The fourth-order valence-electron chi connectivity index (χ4n) is 3.53. The fourth-order valence-corrected chi connectivity index (χ4v) is 3.53. The maximum Gasteiger partial charge on any atom is 0.326 e. The van der Waals surface area contributed by atoms with Gasteiger partial charge in [0.25, 0.3) is 0 Å². The van der Waals surface area contributed by atoms with Crippen molar-refractivity contribution in [3.05, 3.63) is 0 Å². The molecule has 3 unspecified atom stereocenters. The van der Waals surface area contributed by atoms with Gasteiger partial charge >= 0.3 is 5.97 Å². The molecule has 1 saturated heterocycles. The number of nitrogens with zero attached hydrogens (tertiary/aromatic N) is 1. The van der Waals surface area contributed by atoms with Gasteiger partial charge in [0.15, 0.2) is 0 Å². The number of ether oxygens (including phenoxy) is 2. The molecule has 20 heavy (non-hydrogen) atoms. The highest BCUT2D eigenvalue weighted by atomic mass is 16.5. The molecule has 0 aromatic carbocycles. The third-order valence-electron chi connectivity index (χ3n) is 4.73. The minimum atomic E-state index is -0.483. The largest absolute Gasteiger partial charge is 0.465 e. The number of carbonyl (C=O) groups excluding carboxylic acids is 1. The molecule has 0 radical (unpaired) electrons. The molecular formula is C15H28N2O3. The SMILES string of the molecule is CCNC1(C(=O)OCC)CCC(N(C)C2CCOC2)C1.